The van der Waals surface area contributed by atoms with Crippen LogP contribution in [0.5, 0.6) is 0 Å². The van der Waals surface area contributed by atoms with Crippen molar-refractivity contribution in [2.45, 2.75) is 32.4 Å². The largest absolute Gasteiger partial charge is 0.385 e. The Labute approximate surface area is 172 Å². The molecule has 1 saturated heterocycles. The van der Waals surface area contributed by atoms with Crippen molar-refractivity contribution in [3.8, 4) is 11.4 Å². The van der Waals surface area contributed by atoms with E-state index in [-0.39, 0.29) is 6.04 Å². The standard InChI is InChI=1S/C21H23N5O2S/c1-12-11-28-7-6-26(12)20-18-15(8-17(29-18)21(2,3)27)24-19(25-20)14-9-22-10-16-13(14)4-5-23-16/h4-5,8-10,12,23,27H,6-7,11H2,1-3H3/t12-/m1/s1. The third-order valence-corrected chi connectivity index (χ3v) is 6.75. The quantitative estimate of drug-likeness (QED) is 0.537. The second-order valence-corrected chi connectivity index (χ2v) is 9.05. The van der Waals surface area contributed by atoms with Crippen molar-refractivity contribution < 1.29 is 9.84 Å². The SMILES string of the molecule is C[C@@H]1COCCN1c1nc(-c2cncc3[nH]ccc23)nc2cc(C(C)(C)O)sc12. The van der Waals surface area contributed by atoms with Gasteiger partial charge in [-0.25, -0.2) is 9.97 Å². The zero-order valence-corrected chi connectivity index (χ0v) is 17.5. The molecule has 0 aromatic carbocycles. The van der Waals surface area contributed by atoms with Crippen LogP contribution in [0, 0.1) is 0 Å². The van der Waals surface area contributed by atoms with Crippen LogP contribution >= 0.6 is 11.3 Å². The Balaban J connectivity index is 1.76. The van der Waals surface area contributed by atoms with Crippen LogP contribution < -0.4 is 4.90 Å². The van der Waals surface area contributed by atoms with Gasteiger partial charge in [-0.05, 0) is 32.9 Å². The second-order valence-electron chi connectivity index (χ2n) is 8.00. The molecule has 0 saturated carbocycles. The Morgan fingerprint density at radius 3 is 2.97 bits per heavy atom. The summed E-state index contributed by atoms with van der Waals surface area (Å²) in [4.78, 5) is 20.6. The first-order chi connectivity index (χ1) is 13.9. The first kappa shape index (κ1) is 18.5. The fourth-order valence-electron chi connectivity index (χ4n) is 3.73. The van der Waals surface area contributed by atoms with E-state index in [9.17, 15) is 5.11 Å². The lowest BCUT2D eigenvalue weighted by atomic mass is 10.1. The number of pyridine rings is 1. The summed E-state index contributed by atoms with van der Waals surface area (Å²) < 4.78 is 6.63. The van der Waals surface area contributed by atoms with E-state index >= 15 is 0 Å². The van der Waals surface area contributed by atoms with Crippen molar-refractivity contribution in [2.24, 2.45) is 0 Å². The van der Waals surface area contributed by atoms with Gasteiger partial charge < -0.3 is 19.7 Å². The number of ether oxygens (including phenoxy) is 1. The highest BCUT2D eigenvalue weighted by Gasteiger charge is 2.27. The van der Waals surface area contributed by atoms with Crippen molar-refractivity contribution in [2.75, 3.05) is 24.7 Å². The maximum Gasteiger partial charge on any atom is 0.164 e. The molecule has 1 aliphatic heterocycles. The van der Waals surface area contributed by atoms with Gasteiger partial charge in [-0.15, -0.1) is 11.3 Å². The molecular formula is C21H23N5O2S. The maximum atomic E-state index is 10.6. The van der Waals surface area contributed by atoms with Crippen LogP contribution in [0.25, 0.3) is 32.5 Å². The number of nitrogens with one attached hydrogen (secondary N) is 1. The van der Waals surface area contributed by atoms with E-state index in [4.69, 9.17) is 14.7 Å². The molecule has 150 valence electrons. The molecule has 4 aromatic heterocycles. The van der Waals surface area contributed by atoms with E-state index in [1.807, 2.05) is 24.5 Å². The van der Waals surface area contributed by atoms with Gasteiger partial charge in [0.2, 0.25) is 0 Å². The molecule has 5 rings (SSSR count). The lowest BCUT2D eigenvalue weighted by Gasteiger charge is -2.34. The zero-order chi connectivity index (χ0) is 20.2. The molecule has 0 unspecified atom stereocenters. The third kappa shape index (κ3) is 3.17. The van der Waals surface area contributed by atoms with E-state index in [2.05, 4.69) is 21.8 Å². The minimum absolute atomic E-state index is 0.212. The van der Waals surface area contributed by atoms with Crippen molar-refractivity contribution in [3.63, 3.8) is 0 Å². The summed E-state index contributed by atoms with van der Waals surface area (Å²) >= 11 is 1.56. The van der Waals surface area contributed by atoms with Gasteiger partial charge in [-0.1, -0.05) is 0 Å². The van der Waals surface area contributed by atoms with Gasteiger partial charge in [-0.3, -0.25) is 4.98 Å². The van der Waals surface area contributed by atoms with E-state index in [0.29, 0.717) is 19.0 Å². The summed E-state index contributed by atoms with van der Waals surface area (Å²) in [7, 11) is 0. The fraction of sp³-hybridized carbons (Fsp3) is 0.381. The molecule has 0 radical (unpaired) electrons. The monoisotopic (exact) mass is 409 g/mol. The number of nitrogens with zero attached hydrogens (tertiary/aromatic N) is 4. The number of aliphatic hydroxyl groups is 1. The smallest absolute Gasteiger partial charge is 0.164 e. The normalized spacial score (nSPS) is 18.1. The van der Waals surface area contributed by atoms with E-state index in [1.165, 1.54) is 0 Å². The molecule has 7 nitrogen and oxygen atoms in total. The number of hydrogen-bond acceptors (Lipinski definition) is 7. The molecule has 29 heavy (non-hydrogen) atoms. The van der Waals surface area contributed by atoms with Gasteiger partial charge in [-0.2, -0.15) is 0 Å². The van der Waals surface area contributed by atoms with E-state index in [0.717, 1.165) is 43.9 Å². The molecule has 0 spiro atoms. The molecule has 8 heteroatoms. The first-order valence-electron chi connectivity index (χ1n) is 9.72. The fourth-order valence-corrected chi connectivity index (χ4v) is 4.83. The molecule has 5 heterocycles. The first-order valence-corrected chi connectivity index (χ1v) is 10.5. The summed E-state index contributed by atoms with van der Waals surface area (Å²) in [6, 6.07) is 4.21. The van der Waals surface area contributed by atoms with Gasteiger partial charge in [0, 0.05) is 34.8 Å². The number of thiophene rings is 1. The predicted octanol–water partition coefficient (Wildman–Crippen LogP) is 3.69. The van der Waals surface area contributed by atoms with Crippen LogP contribution in [0.1, 0.15) is 25.6 Å². The molecule has 1 atom stereocenters. The average Bonchev–Trinajstić information content (AvgIpc) is 3.34. The molecule has 0 amide bonds. The van der Waals surface area contributed by atoms with E-state index < -0.39 is 5.60 Å². The van der Waals surface area contributed by atoms with Crippen molar-refractivity contribution in [1.82, 2.24) is 19.9 Å². The lowest BCUT2D eigenvalue weighted by Crippen LogP contribution is -2.44. The Kier molecular flexibility index (Phi) is 4.31. The molecule has 4 aromatic rings. The Morgan fingerprint density at radius 2 is 2.17 bits per heavy atom. The number of anilines is 1. The predicted molar refractivity (Wildman–Crippen MR) is 115 cm³/mol. The molecule has 0 bridgehead atoms. The zero-order valence-electron chi connectivity index (χ0n) is 16.6. The number of H-pyrrole nitrogens is 1. The van der Waals surface area contributed by atoms with Gasteiger partial charge in [0.05, 0.1) is 46.8 Å². The van der Waals surface area contributed by atoms with Crippen LogP contribution in [-0.2, 0) is 10.3 Å². The minimum atomic E-state index is -0.929. The number of hydrogen-bond donors (Lipinski definition) is 2. The Hall–Kier alpha value is -2.55. The van der Waals surface area contributed by atoms with Crippen molar-refractivity contribution in [3.05, 3.63) is 35.6 Å². The summed E-state index contributed by atoms with van der Waals surface area (Å²) in [5.74, 6) is 1.54. The molecule has 1 aliphatic rings. The molecule has 2 N–H and O–H groups in total. The number of aromatic nitrogens is 4. The summed E-state index contributed by atoms with van der Waals surface area (Å²) in [5, 5.41) is 11.6. The number of rotatable bonds is 3. The van der Waals surface area contributed by atoms with Crippen LogP contribution in [0.15, 0.2) is 30.7 Å². The number of fused-ring (bicyclic) bond motifs is 2. The molecular weight excluding hydrogens is 386 g/mol. The highest BCUT2D eigenvalue weighted by Crippen LogP contribution is 2.39. The summed E-state index contributed by atoms with van der Waals surface area (Å²) in [6.45, 7) is 7.85. The van der Waals surface area contributed by atoms with Crippen molar-refractivity contribution >= 4 is 38.3 Å². The van der Waals surface area contributed by atoms with Crippen LogP contribution in [0.2, 0.25) is 0 Å². The Bertz CT molecular complexity index is 1190. The average molecular weight is 410 g/mol. The summed E-state index contributed by atoms with van der Waals surface area (Å²) in [6.07, 6.45) is 5.52. The lowest BCUT2D eigenvalue weighted by molar-refractivity contribution is 0.0826. The van der Waals surface area contributed by atoms with Gasteiger partial charge in [0.25, 0.3) is 0 Å². The van der Waals surface area contributed by atoms with Gasteiger partial charge in [0.15, 0.2) is 11.6 Å². The van der Waals surface area contributed by atoms with Crippen LogP contribution in [0.3, 0.4) is 0 Å². The molecule has 1 fully saturated rings. The van der Waals surface area contributed by atoms with Gasteiger partial charge >= 0.3 is 0 Å². The van der Waals surface area contributed by atoms with Crippen molar-refractivity contribution in [1.29, 1.82) is 0 Å². The third-order valence-electron chi connectivity index (χ3n) is 5.31. The van der Waals surface area contributed by atoms with Crippen LogP contribution in [-0.4, -0.2) is 50.8 Å². The highest BCUT2D eigenvalue weighted by atomic mass is 32.1. The number of morpholine rings is 1. The maximum absolute atomic E-state index is 10.6. The second kappa shape index (κ2) is 6.76. The van der Waals surface area contributed by atoms with Crippen LogP contribution in [0.4, 0.5) is 5.82 Å². The number of aromatic amines is 1. The topological polar surface area (TPSA) is 87.2 Å². The van der Waals surface area contributed by atoms with Gasteiger partial charge in [0.1, 0.15) is 0 Å². The Morgan fingerprint density at radius 1 is 1.31 bits per heavy atom. The van der Waals surface area contributed by atoms with E-state index in [1.54, 1.807) is 31.4 Å². The molecule has 0 aliphatic carbocycles. The minimum Gasteiger partial charge on any atom is -0.385 e. The summed E-state index contributed by atoms with van der Waals surface area (Å²) in [5.41, 5.74) is 1.76. The highest BCUT2D eigenvalue weighted by molar-refractivity contribution is 7.19.